The van der Waals surface area contributed by atoms with Crippen LogP contribution in [0.5, 0.6) is 5.75 Å². The van der Waals surface area contributed by atoms with Gasteiger partial charge in [0.1, 0.15) is 28.9 Å². The van der Waals surface area contributed by atoms with Crippen LogP contribution in [0.4, 0.5) is 5.69 Å². The predicted molar refractivity (Wildman–Crippen MR) is 178 cm³/mol. The maximum absolute atomic E-state index is 14.2. The maximum Gasteiger partial charge on any atom is 0.255 e. The lowest BCUT2D eigenvalue weighted by molar-refractivity contribution is -0.169. The van der Waals surface area contributed by atoms with E-state index in [9.17, 15) is 49.5 Å². The topological polar surface area (TPSA) is 266 Å². The first-order chi connectivity index (χ1) is 22.7. The maximum atomic E-state index is 14.2. The molecule has 3 aliphatic rings. The molecule has 11 N–H and O–H groups in total. The molecule has 268 valence electrons. The van der Waals surface area contributed by atoms with Crippen LogP contribution in [0.3, 0.4) is 0 Å². The fourth-order valence-corrected chi connectivity index (χ4v) is 7.53. The molecule has 1 aromatic carbocycles. The van der Waals surface area contributed by atoms with Crippen LogP contribution in [0.2, 0.25) is 0 Å². The Morgan fingerprint density at radius 1 is 1.00 bits per heavy atom. The van der Waals surface area contributed by atoms with E-state index in [1.165, 1.54) is 31.1 Å². The zero-order chi connectivity index (χ0) is 37.0. The van der Waals surface area contributed by atoms with Crippen LogP contribution in [0.25, 0.3) is 5.76 Å². The molecular weight excluding hydrogens is 638 g/mol. The number of hydrogen-bond donors (Lipinski definition) is 9. The quantitative estimate of drug-likeness (QED) is 0.119. The zero-order valence-corrected chi connectivity index (χ0v) is 28.6. The van der Waals surface area contributed by atoms with E-state index in [-0.39, 0.29) is 35.1 Å². The Morgan fingerprint density at radius 2 is 1.59 bits per heavy atom. The van der Waals surface area contributed by atoms with Crippen LogP contribution in [-0.4, -0.2) is 104 Å². The highest BCUT2D eigenvalue weighted by Gasteiger charge is 2.68. The van der Waals surface area contributed by atoms with Gasteiger partial charge in [-0.1, -0.05) is 40.7 Å². The summed E-state index contributed by atoms with van der Waals surface area (Å²) in [5.74, 6) is -11.4. The number of aliphatic hydroxyl groups excluding tert-OH is 3. The molecule has 0 radical (unpaired) electrons. The predicted octanol–water partition coefficient (Wildman–Crippen LogP) is 0.339. The SMILES string of the molecule is CC(C)C[C@H](NC(=O)[C@@H](N)CC(C)C)C(=O)Nc1ccc2c(c1O)C(O)=C1C(=O)[C@]3(O)C(O)=C(C(N)=O)C(=O)[C@@H](N(C)C)[C@@H]3[C@@H](O)C1[C@H]2C. The van der Waals surface area contributed by atoms with E-state index in [0.29, 0.717) is 6.42 Å². The summed E-state index contributed by atoms with van der Waals surface area (Å²) in [5.41, 5.74) is 6.58. The van der Waals surface area contributed by atoms with Gasteiger partial charge in [0, 0.05) is 11.5 Å². The first kappa shape index (κ1) is 37.5. The number of benzene rings is 1. The number of primary amides is 1. The summed E-state index contributed by atoms with van der Waals surface area (Å²) < 4.78 is 0. The molecule has 0 spiro atoms. The summed E-state index contributed by atoms with van der Waals surface area (Å²) in [6.45, 7) is 9.13. The van der Waals surface area contributed by atoms with Crippen LogP contribution in [0, 0.1) is 23.7 Å². The van der Waals surface area contributed by atoms with Crippen molar-refractivity contribution in [2.45, 2.75) is 83.2 Å². The molecule has 49 heavy (non-hydrogen) atoms. The van der Waals surface area contributed by atoms with Crippen molar-refractivity contribution in [1.29, 1.82) is 0 Å². The number of aromatic hydroxyl groups is 1. The highest BCUT2D eigenvalue weighted by molar-refractivity contribution is 6.24. The number of carbonyl (C=O) groups is 5. The summed E-state index contributed by atoms with van der Waals surface area (Å²) in [4.78, 5) is 67.3. The molecular formula is C34H47N5O10. The number of anilines is 1. The molecule has 1 fully saturated rings. The highest BCUT2D eigenvalue weighted by Crippen LogP contribution is 2.56. The Morgan fingerprint density at radius 3 is 2.12 bits per heavy atom. The number of amides is 3. The third-order valence-electron chi connectivity index (χ3n) is 9.79. The van der Waals surface area contributed by atoms with Crippen molar-refractivity contribution in [3.8, 4) is 5.75 Å². The molecule has 0 heterocycles. The molecule has 1 saturated carbocycles. The van der Waals surface area contributed by atoms with Crippen molar-refractivity contribution < 1.29 is 49.5 Å². The van der Waals surface area contributed by atoms with E-state index in [0.717, 1.165) is 0 Å². The second-order valence-electron chi connectivity index (χ2n) is 14.4. The monoisotopic (exact) mass is 685 g/mol. The van der Waals surface area contributed by atoms with Crippen LogP contribution in [-0.2, 0) is 24.0 Å². The molecule has 15 heteroatoms. The smallest absolute Gasteiger partial charge is 0.255 e. The van der Waals surface area contributed by atoms with Crippen molar-refractivity contribution in [2.24, 2.45) is 35.1 Å². The summed E-state index contributed by atoms with van der Waals surface area (Å²) in [6.07, 6.45) is -1.11. The molecule has 0 aliphatic heterocycles. The van der Waals surface area contributed by atoms with Crippen molar-refractivity contribution >= 4 is 40.7 Å². The number of Topliss-reactive ketones (excluding diaryl/α,β-unsaturated/α-hetero) is 2. The third-order valence-corrected chi connectivity index (χ3v) is 9.79. The van der Waals surface area contributed by atoms with Crippen molar-refractivity contribution in [2.75, 3.05) is 19.4 Å². The van der Waals surface area contributed by atoms with Gasteiger partial charge in [0.2, 0.25) is 17.6 Å². The number of hydrogen-bond acceptors (Lipinski definition) is 12. The van der Waals surface area contributed by atoms with E-state index in [4.69, 9.17) is 11.5 Å². The lowest BCUT2D eigenvalue weighted by Crippen LogP contribution is -2.70. The van der Waals surface area contributed by atoms with Gasteiger partial charge < -0.3 is 47.6 Å². The fraction of sp³-hybridized carbons (Fsp3) is 0.559. The molecule has 1 unspecified atom stereocenters. The number of nitrogens with one attached hydrogen (secondary N) is 2. The van der Waals surface area contributed by atoms with E-state index in [1.807, 2.05) is 27.7 Å². The standard InChI is InChI=1S/C34H47N5O10/c1-12(2)10-16(35)32(47)38-18(11-13(3)4)33(48)37-17-9-8-15-14(5)19-21(26(41)20(15)25(17)40)29(44)34(49)23(27(19)42)24(39(6)7)28(43)22(30(34)45)31(36)46/h8-9,12-14,16,18-19,23-24,27,40-42,45,49H,10-11,35H2,1-7H3,(H2,36,46)(H,37,48)(H,38,47)/t14-,16-,18-,19?,23+,24-,27-,34-/m0/s1. The first-order valence-corrected chi connectivity index (χ1v) is 16.2. The number of rotatable bonds is 10. The van der Waals surface area contributed by atoms with E-state index in [1.54, 1.807) is 6.92 Å². The fourth-order valence-electron chi connectivity index (χ4n) is 7.53. The third kappa shape index (κ3) is 6.20. The van der Waals surface area contributed by atoms with Crippen molar-refractivity contribution in [3.63, 3.8) is 0 Å². The lowest BCUT2D eigenvalue weighted by atomic mass is 9.54. The number of nitrogens with two attached hydrogens (primary N) is 2. The van der Waals surface area contributed by atoms with Gasteiger partial charge in [-0.3, -0.25) is 28.9 Å². The van der Waals surface area contributed by atoms with Gasteiger partial charge in [0.05, 0.1) is 35.4 Å². The Labute approximate surface area is 284 Å². The Balaban J connectivity index is 1.80. The number of ketones is 2. The molecule has 8 atom stereocenters. The largest absolute Gasteiger partial charge is 0.508 e. The van der Waals surface area contributed by atoms with Gasteiger partial charge in [-0.15, -0.1) is 0 Å². The summed E-state index contributed by atoms with van der Waals surface area (Å²) in [5, 5.41) is 63.0. The molecule has 0 saturated heterocycles. The van der Waals surface area contributed by atoms with Crippen LogP contribution < -0.4 is 22.1 Å². The molecule has 0 bridgehead atoms. The molecule has 4 rings (SSSR count). The zero-order valence-electron chi connectivity index (χ0n) is 28.6. The summed E-state index contributed by atoms with van der Waals surface area (Å²) in [7, 11) is 2.85. The molecule has 0 aromatic heterocycles. The number of phenols is 1. The van der Waals surface area contributed by atoms with E-state index < -0.39 is 105 Å². The minimum Gasteiger partial charge on any atom is -0.508 e. The number of aliphatic hydroxyl groups is 4. The average molecular weight is 686 g/mol. The minimum absolute atomic E-state index is 0.0258. The van der Waals surface area contributed by atoms with E-state index in [2.05, 4.69) is 10.6 Å². The second kappa shape index (κ2) is 13.5. The van der Waals surface area contributed by atoms with Crippen LogP contribution >= 0.6 is 0 Å². The Kier molecular flexibility index (Phi) is 10.4. The van der Waals surface area contributed by atoms with Crippen LogP contribution in [0.15, 0.2) is 29.0 Å². The Hall–Kier alpha value is -4.31. The van der Waals surface area contributed by atoms with Crippen LogP contribution in [0.1, 0.15) is 64.5 Å². The van der Waals surface area contributed by atoms with Crippen molar-refractivity contribution in [1.82, 2.24) is 10.2 Å². The van der Waals surface area contributed by atoms with Gasteiger partial charge in [-0.25, -0.2) is 0 Å². The first-order valence-electron chi connectivity index (χ1n) is 16.2. The molecule has 3 aliphatic carbocycles. The van der Waals surface area contributed by atoms with Gasteiger partial charge in [-0.2, -0.15) is 0 Å². The normalized spacial score (nSPS) is 27.9. The molecule has 15 nitrogen and oxygen atoms in total. The molecule has 3 amide bonds. The summed E-state index contributed by atoms with van der Waals surface area (Å²) in [6, 6.07) is -0.505. The minimum atomic E-state index is -3.05. The van der Waals surface area contributed by atoms with Crippen molar-refractivity contribution in [3.05, 3.63) is 40.2 Å². The van der Waals surface area contributed by atoms with Gasteiger partial charge in [0.25, 0.3) is 5.91 Å². The van der Waals surface area contributed by atoms with Gasteiger partial charge >= 0.3 is 0 Å². The summed E-state index contributed by atoms with van der Waals surface area (Å²) >= 11 is 0. The lowest BCUT2D eigenvalue weighted by Gasteiger charge is -2.53. The Bertz CT molecular complexity index is 1650. The number of phenolic OH excluding ortho intramolecular Hbond substituents is 1. The number of nitrogens with zero attached hydrogens (tertiary/aromatic N) is 1. The van der Waals surface area contributed by atoms with Gasteiger partial charge in [-0.05, 0) is 56.3 Å². The molecule has 1 aromatic rings. The number of fused-ring (bicyclic) bond motifs is 3. The van der Waals surface area contributed by atoms with Gasteiger partial charge in [0.15, 0.2) is 11.4 Å². The average Bonchev–Trinajstić information content (AvgIpc) is 2.98. The second-order valence-corrected chi connectivity index (χ2v) is 14.4. The number of carbonyl (C=O) groups excluding carboxylic acids is 5. The number of likely N-dealkylation sites (N-methyl/N-ethyl adjacent to an activating group) is 1. The highest BCUT2D eigenvalue weighted by atomic mass is 16.4. The van der Waals surface area contributed by atoms with E-state index >= 15 is 0 Å².